The number of anilines is 1. The van der Waals surface area contributed by atoms with Crippen molar-refractivity contribution in [2.24, 2.45) is 0 Å². The maximum Gasteiger partial charge on any atom is 0.269 e. The molecule has 1 heterocycles. The summed E-state index contributed by atoms with van der Waals surface area (Å²) in [6.07, 6.45) is 1.84. The summed E-state index contributed by atoms with van der Waals surface area (Å²) in [5.41, 5.74) is 3.44. The van der Waals surface area contributed by atoms with Crippen LogP contribution in [0.1, 0.15) is 23.2 Å². The van der Waals surface area contributed by atoms with Crippen molar-refractivity contribution in [2.75, 3.05) is 11.9 Å². The summed E-state index contributed by atoms with van der Waals surface area (Å²) in [4.78, 5) is 14.6. The van der Waals surface area contributed by atoms with Gasteiger partial charge in [0.1, 0.15) is 5.82 Å². The third-order valence-corrected chi connectivity index (χ3v) is 3.19. The number of hydrogen-bond acceptors (Lipinski definition) is 4. The summed E-state index contributed by atoms with van der Waals surface area (Å²) in [7, 11) is 0. The summed E-state index contributed by atoms with van der Waals surface area (Å²) < 4.78 is 0. The minimum atomic E-state index is -0.378. The van der Waals surface area contributed by atoms with Crippen LogP contribution in [0.5, 0.6) is 0 Å². The molecule has 1 aromatic carbocycles. The second-order valence-corrected chi connectivity index (χ2v) is 5.13. The standard InChI is InChI=1S/C16H19N3O2/c1-12-10-13(2)18-16(11-12)17-9-3-4-14-5-7-15(8-6-14)19(20)21/h5-8,10-11H,3-4,9H2,1-2H3,(H,17,18). The lowest BCUT2D eigenvalue weighted by Gasteiger charge is -2.07. The van der Waals surface area contributed by atoms with E-state index in [-0.39, 0.29) is 10.6 Å². The van der Waals surface area contributed by atoms with Gasteiger partial charge in [-0.3, -0.25) is 10.1 Å². The van der Waals surface area contributed by atoms with Gasteiger partial charge in [-0.2, -0.15) is 0 Å². The molecule has 0 saturated carbocycles. The average Bonchev–Trinajstić information content (AvgIpc) is 2.43. The topological polar surface area (TPSA) is 68.1 Å². The fourth-order valence-electron chi connectivity index (χ4n) is 2.23. The van der Waals surface area contributed by atoms with Crippen molar-refractivity contribution in [3.63, 3.8) is 0 Å². The van der Waals surface area contributed by atoms with Crippen LogP contribution in [0.25, 0.3) is 0 Å². The van der Waals surface area contributed by atoms with Crippen molar-refractivity contribution in [3.8, 4) is 0 Å². The number of rotatable bonds is 6. The number of nitro groups is 1. The number of nitro benzene ring substituents is 1. The van der Waals surface area contributed by atoms with Crippen molar-refractivity contribution in [2.45, 2.75) is 26.7 Å². The first-order valence-electron chi connectivity index (χ1n) is 6.97. The lowest BCUT2D eigenvalue weighted by Crippen LogP contribution is -2.05. The van der Waals surface area contributed by atoms with Crippen LogP contribution < -0.4 is 5.32 Å². The van der Waals surface area contributed by atoms with Gasteiger partial charge < -0.3 is 5.32 Å². The van der Waals surface area contributed by atoms with E-state index in [2.05, 4.69) is 17.2 Å². The molecular weight excluding hydrogens is 266 g/mol. The van der Waals surface area contributed by atoms with E-state index in [0.717, 1.165) is 36.5 Å². The average molecular weight is 285 g/mol. The molecule has 1 N–H and O–H groups in total. The molecule has 21 heavy (non-hydrogen) atoms. The summed E-state index contributed by atoms with van der Waals surface area (Å²) >= 11 is 0. The quantitative estimate of drug-likeness (QED) is 0.499. The number of aryl methyl sites for hydroxylation is 3. The van der Waals surface area contributed by atoms with Crippen molar-refractivity contribution >= 4 is 11.5 Å². The Balaban J connectivity index is 1.80. The first-order chi connectivity index (χ1) is 10.0. The Morgan fingerprint density at radius 1 is 1.19 bits per heavy atom. The maximum absolute atomic E-state index is 10.6. The molecule has 2 rings (SSSR count). The zero-order valence-corrected chi connectivity index (χ0v) is 12.3. The number of nitrogens with zero attached hydrogens (tertiary/aromatic N) is 2. The van der Waals surface area contributed by atoms with Gasteiger partial charge in [0.05, 0.1) is 4.92 Å². The van der Waals surface area contributed by atoms with Crippen LogP contribution >= 0.6 is 0 Å². The fraction of sp³-hybridized carbons (Fsp3) is 0.312. The van der Waals surface area contributed by atoms with Crippen LogP contribution in [0.15, 0.2) is 36.4 Å². The van der Waals surface area contributed by atoms with E-state index < -0.39 is 0 Å². The van der Waals surface area contributed by atoms with Crippen molar-refractivity contribution < 1.29 is 4.92 Å². The third-order valence-electron chi connectivity index (χ3n) is 3.19. The lowest BCUT2D eigenvalue weighted by atomic mass is 10.1. The number of non-ortho nitro benzene ring substituents is 1. The Labute approximate surface area is 124 Å². The van der Waals surface area contributed by atoms with E-state index in [9.17, 15) is 10.1 Å². The molecule has 0 atom stereocenters. The monoisotopic (exact) mass is 285 g/mol. The van der Waals surface area contributed by atoms with Gasteiger partial charge in [0.2, 0.25) is 0 Å². The molecule has 0 fully saturated rings. The molecule has 0 spiro atoms. The van der Waals surface area contributed by atoms with Crippen LogP contribution in [0.2, 0.25) is 0 Å². The Hall–Kier alpha value is -2.43. The Bertz CT molecular complexity index is 604. The molecule has 0 aliphatic rings. The number of nitrogens with one attached hydrogen (secondary N) is 1. The summed E-state index contributed by atoms with van der Waals surface area (Å²) in [6.45, 7) is 4.86. The normalized spacial score (nSPS) is 10.4. The van der Waals surface area contributed by atoms with Crippen molar-refractivity contribution in [1.82, 2.24) is 4.98 Å². The Morgan fingerprint density at radius 3 is 2.52 bits per heavy atom. The zero-order chi connectivity index (χ0) is 15.2. The van der Waals surface area contributed by atoms with E-state index >= 15 is 0 Å². The predicted molar refractivity (Wildman–Crippen MR) is 83.6 cm³/mol. The smallest absolute Gasteiger partial charge is 0.269 e. The highest BCUT2D eigenvalue weighted by Gasteiger charge is 2.03. The minimum absolute atomic E-state index is 0.135. The van der Waals surface area contributed by atoms with Gasteiger partial charge >= 0.3 is 0 Å². The molecular formula is C16H19N3O2. The number of pyridine rings is 1. The largest absolute Gasteiger partial charge is 0.370 e. The van der Waals surface area contributed by atoms with E-state index in [0.29, 0.717) is 0 Å². The second-order valence-electron chi connectivity index (χ2n) is 5.13. The molecule has 2 aromatic rings. The van der Waals surface area contributed by atoms with Crippen LogP contribution in [0.3, 0.4) is 0 Å². The van der Waals surface area contributed by atoms with E-state index in [1.807, 2.05) is 31.2 Å². The molecule has 0 amide bonds. The van der Waals surface area contributed by atoms with Gasteiger partial charge in [0, 0.05) is 24.4 Å². The van der Waals surface area contributed by atoms with Gasteiger partial charge in [-0.25, -0.2) is 4.98 Å². The molecule has 110 valence electrons. The number of hydrogen-bond donors (Lipinski definition) is 1. The lowest BCUT2D eigenvalue weighted by molar-refractivity contribution is -0.384. The molecule has 0 radical (unpaired) electrons. The molecule has 0 aliphatic carbocycles. The van der Waals surface area contributed by atoms with Crippen LogP contribution in [0, 0.1) is 24.0 Å². The van der Waals surface area contributed by atoms with Crippen LogP contribution in [-0.2, 0) is 6.42 Å². The number of aromatic nitrogens is 1. The third kappa shape index (κ3) is 4.56. The van der Waals surface area contributed by atoms with Crippen LogP contribution in [-0.4, -0.2) is 16.5 Å². The van der Waals surface area contributed by atoms with Gasteiger partial charge in [-0.05, 0) is 49.9 Å². The first kappa shape index (κ1) is 15.0. The molecule has 1 aromatic heterocycles. The predicted octanol–water partition coefficient (Wildman–Crippen LogP) is 3.65. The summed E-state index contributed by atoms with van der Waals surface area (Å²) in [5, 5.41) is 13.9. The maximum atomic E-state index is 10.6. The van der Waals surface area contributed by atoms with Crippen molar-refractivity contribution in [3.05, 3.63) is 63.3 Å². The van der Waals surface area contributed by atoms with Crippen LogP contribution in [0.4, 0.5) is 11.5 Å². The van der Waals surface area contributed by atoms with Gasteiger partial charge in [-0.15, -0.1) is 0 Å². The molecule has 5 heteroatoms. The van der Waals surface area contributed by atoms with E-state index in [1.165, 1.54) is 5.56 Å². The number of benzene rings is 1. The summed E-state index contributed by atoms with van der Waals surface area (Å²) in [5.74, 6) is 0.899. The highest BCUT2D eigenvalue weighted by molar-refractivity contribution is 5.39. The molecule has 0 bridgehead atoms. The molecule has 0 aliphatic heterocycles. The first-order valence-corrected chi connectivity index (χ1v) is 6.97. The SMILES string of the molecule is Cc1cc(C)nc(NCCCc2ccc([N+](=O)[O-])cc2)c1. The summed E-state index contributed by atoms with van der Waals surface area (Å²) in [6, 6.07) is 10.8. The van der Waals surface area contributed by atoms with Gasteiger partial charge in [0.25, 0.3) is 5.69 Å². The van der Waals surface area contributed by atoms with E-state index in [4.69, 9.17) is 0 Å². The highest BCUT2D eigenvalue weighted by Crippen LogP contribution is 2.13. The fourth-order valence-corrected chi connectivity index (χ4v) is 2.23. The zero-order valence-electron chi connectivity index (χ0n) is 12.3. The second kappa shape index (κ2) is 6.83. The van der Waals surface area contributed by atoms with Gasteiger partial charge in [0.15, 0.2) is 0 Å². The van der Waals surface area contributed by atoms with Gasteiger partial charge in [-0.1, -0.05) is 12.1 Å². The Morgan fingerprint density at radius 2 is 1.90 bits per heavy atom. The Kier molecular flexibility index (Phi) is 4.87. The molecule has 0 saturated heterocycles. The molecule has 5 nitrogen and oxygen atoms in total. The van der Waals surface area contributed by atoms with E-state index in [1.54, 1.807) is 12.1 Å². The minimum Gasteiger partial charge on any atom is -0.370 e. The van der Waals surface area contributed by atoms with Crippen molar-refractivity contribution in [1.29, 1.82) is 0 Å². The highest BCUT2D eigenvalue weighted by atomic mass is 16.6. The molecule has 0 unspecified atom stereocenters.